The van der Waals surface area contributed by atoms with Crippen LogP contribution in [0.15, 0.2) is 42.5 Å². The van der Waals surface area contributed by atoms with E-state index in [0.717, 1.165) is 22.3 Å². The molecule has 0 saturated carbocycles. The molecule has 2 aliphatic heterocycles. The molecule has 0 atom stereocenters. The fourth-order valence-corrected chi connectivity index (χ4v) is 6.22. The van der Waals surface area contributed by atoms with Gasteiger partial charge in [-0.3, -0.25) is 4.79 Å². The molecule has 0 aliphatic carbocycles. The molecule has 220 valence electrons. The van der Waals surface area contributed by atoms with E-state index in [2.05, 4.69) is 22.4 Å². The second-order valence-electron chi connectivity index (χ2n) is 11.5. The zero-order valence-electron chi connectivity index (χ0n) is 24.3. The Labute approximate surface area is 252 Å². The van der Waals surface area contributed by atoms with Gasteiger partial charge in [0, 0.05) is 62.0 Å². The van der Waals surface area contributed by atoms with Gasteiger partial charge in [-0.25, -0.2) is 19.2 Å². The number of piperazine rings is 1. The van der Waals surface area contributed by atoms with Crippen LogP contribution in [0.25, 0.3) is 22.2 Å². The quantitative estimate of drug-likeness (QED) is 0.330. The van der Waals surface area contributed by atoms with Crippen LogP contribution >= 0.6 is 11.3 Å². The lowest BCUT2D eigenvalue weighted by Crippen LogP contribution is -2.50. The summed E-state index contributed by atoms with van der Waals surface area (Å²) >= 11 is 1.23. The molecule has 6 rings (SSSR count). The Morgan fingerprint density at radius 1 is 1.09 bits per heavy atom. The first-order valence-electron chi connectivity index (χ1n) is 13.9. The lowest BCUT2D eigenvalue weighted by molar-refractivity contribution is 0.0240. The van der Waals surface area contributed by atoms with E-state index >= 15 is 0 Å². The molecule has 10 nitrogen and oxygen atoms in total. The first-order valence-corrected chi connectivity index (χ1v) is 14.7. The molecule has 2 aromatic carbocycles. The van der Waals surface area contributed by atoms with Crippen LogP contribution in [0.4, 0.5) is 25.7 Å². The second kappa shape index (κ2) is 10.8. The smallest absolute Gasteiger partial charge is 0.410 e. The number of hydrogen-bond donors (Lipinski definition) is 1. The second-order valence-corrected chi connectivity index (χ2v) is 12.5. The molecule has 1 N–H and O–H groups in total. The van der Waals surface area contributed by atoms with Gasteiger partial charge in [-0.1, -0.05) is 11.3 Å². The van der Waals surface area contributed by atoms with Crippen LogP contribution in [-0.2, 0) is 11.3 Å². The molecule has 1 fully saturated rings. The summed E-state index contributed by atoms with van der Waals surface area (Å²) in [6.45, 7) is 8.21. The fourth-order valence-electron chi connectivity index (χ4n) is 5.36. The third-order valence-corrected chi connectivity index (χ3v) is 8.47. The Morgan fingerprint density at radius 2 is 1.81 bits per heavy atom. The molecule has 4 aromatic rings. The van der Waals surface area contributed by atoms with Crippen LogP contribution in [0.1, 0.15) is 41.7 Å². The van der Waals surface area contributed by atoms with Crippen LogP contribution in [0.5, 0.6) is 0 Å². The number of nitrogens with zero attached hydrogens (tertiary/aromatic N) is 6. The van der Waals surface area contributed by atoms with E-state index in [1.165, 1.54) is 23.5 Å². The Morgan fingerprint density at radius 3 is 2.49 bits per heavy atom. The maximum absolute atomic E-state index is 13.6. The van der Waals surface area contributed by atoms with Crippen LogP contribution in [0, 0.1) is 17.1 Å². The van der Waals surface area contributed by atoms with E-state index in [1.54, 1.807) is 17.0 Å². The van der Waals surface area contributed by atoms with Crippen molar-refractivity contribution in [3.8, 4) is 17.3 Å². The number of anilines is 3. The van der Waals surface area contributed by atoms with Crippen molar-refractivity contribution in [2.75, 3.05) is 43.0 Å². The minimum Gasteiger partial charge on any atom is -0.444 e. The molecule has 1 saturated heterocycles. The van der Waals surface area contributed by atoms with Gasteiger partial charge >= 0.3 is 6.09 Å². The van der Waals surface area contributed by atoms with E-state index < -0.39 is 5.60 Å². The maximum Gasteiger partial charge on any atom is 0.410 e. The summed E-state index contributed by atoms with van der Waals surface area (Å²) < 4.78 is 19.1. The van der Waals surface area contributed by atoms with Crippen molar-refractivity contribution in [3.05, 3.63) is 64.4 Å². The third-order valence-electron chi connectivity index (χ3n) is 7.43. The van der Waals surface area contributed by atoms with Gasteiger partial charge in [0.25, 0.3) is 5.91 Å². The van der Waals surface area contributed by atoms with Gasteiger partial charge in [0.15, 0.2) is 5.13 Å². The number of halogens is 1. The topological polar surface area (TPSA) is 115 Å². The van der Waals surface area contributed by atoms with Gasteiger partial charge < -0.3 is 24.8 Å². The third kappa shape index (κ3) is 5.44. The summed E-state index contributed by atoms with van der Waals surface area (Å²) in [6, 6.07) is 14.0. The molecule has 0 spiro atoms. The summed E-state index contributed by atoms with van der Waals surface area (Å²) in [7, 11) is 1.86. The lowest BCUT2D eigenvalue weighted by atomic mass is 10.0. The predicted molar refractivity (Wildman–Crippen MR) is 163 cm³/mol. The highest BCUT2D eigenvalue weighted by Gasteiger charge is 2.30. The molecule has 0 unspecified atom stereocenters. The highest BCUT2D eigenvalue weighted by Crippen LogP contribution is 2.42. The normalized spacial score (nSPS) is 14.8. The number of ether oxygens (including phenoxy) is 1. The van der Waals surface area contributed by atoms with Gasteiger partial charge in [0.1, 0.15) is 33.8 Å². The molecular formula is C31H30FN7O3S. The van der Waals surface area contributed by atoms with Crippen molar-refractivity contribution >= 4 is 50.7 Å². The zero-order chi connectivity index (χ0) is 30.5. The average Bonchev–Trinajstić information content (AvgIpc) is 3.58. The summed E-state index contributed by atoms with van der Waals surface area (Å²) in [5.41, 5.74) is 4.08. The monoisotopic (exact) mass is 599 g/mol. The summed E-state index contributed by atoms with van der Waals surface area (Å²) in [5, 5.41) is 14.1. The lowest BCUT2D eigenvalue weighted by Gasteiger charge is -2.37. The Balaban J connectivity index is 1.36. The minimum atomic E-state index is -0.552. The van der Waals surface area contributed by atoms with Crippen molar-refractivity contribution in [2.24, 2.45) is 0 Å². The zero-order valence-corrected chi connectivity index (χ0v) is 25.1. The number of nitriles is 1. The number of pyridine rings is 1. The molecular weight excluding hydrogens is 569 g/mol. The highest BCUT2D eigenvalue weighted by molar-refractivity contribution is 7.16. The number of thiazole rings is 1. The molecule has 2 aromatic heterocycles. The standard InChI is InChI=1S/C31H30FN7O3S/c1-31(2,3)42-30(41)39-13-11-38(12-14-39)20-9-10-23-21(15-20)27(22-17-34-28(40)26(22)35-23)37(4)29-36-25(24(16-33)43-29)18-5-7-19(32)8-6-18/h5-10,15H,11-14,17H2,1-4H3,(H,34,40). The van der Waals surface area contributed by atoms with Crippen molar-refractivity contribution < 1.29 is 18.7 Å². The SMILES string of the molecule is CN(c1nc(-c2ccc(F)cc2)c(C#N)s1)c1c2c(nc3ccc(N4CCN(C(=O)OC(C)(C)C)CC4)cc13)C(=O)NC2. The van der Waals surface area contributed by atoms with Gasteiger partial charge in [-0.05, 0) is 63.2 Å². The largest absolute Gasteiger partial charge is 0.444 e. The van der Waals surface area contributed by atoms with Gasteiger partial charge in [-0.2, -0.15) is 5.26 Å². The molecule has 2 aliphatic rings. The van der Waals surface area contributed by atoms with Crippen LogP contribution in [0.2, 0.25) is 0 Å². The number of amides is 2. The van der Waals surface area contributed by atoms with Crippen molar-refractivity contribution in [1.82, 2.24) is 20.2 Å². The molecule has 0 radical (unpaired) electrons. The number of benzene rings is 2. The predicted octanol–water partition coefficient (Wildman–Crippen LogP) is 5.44. The van der Waals surface area contributed by atoms with Crippen LogP contribution in [0.3, 0.4) is 0 Å². The number of hydrogen-bond acceptors (Lipinski definition) is 9. The van der Waals surface area contributed by atoms with E-state index in [-0.39, 0.29) is 17.8 Å². The molecule has 12 heteroatoms. The van der Waals surface area contributed by atoms with E-state index in [4.69, 9.17) is 14.7 Å². The number of carbonyl (C=O) groups is 2. The number of aromatic nitrogens is 2. The minimum absolute atomic E-state index is 0.238. The summed E-state index contributed by atoms with van der Waals surface area (Å²) in [6.07, 6.45) is -0.313. The van der Waals surface area contributed by atoms with Gasteiger partial charge in [-0.15, -0.1) is 0 Å². The Bertz CT molecular complexity index is 1780. The summed E-state index contributed by atoms with van der Waals surface area (Å²) in [5.74, 6) is -0.606. The van der Waals surface area contributed by atoms with E-state index in [1.807, 2.05) is 44.9 Å². The summed E-state index contributed by atoms with van der Waals surface area (Å²) in [4.78, 5) is 41.0. The van der Waals surface area contributed by atoms with E-state index in [9.17, 15) is 19.2 Å². The van der Waals surface area contributed by atoms with Gasteiger partial charge in [0.2, 0.25) is 0 Å². The van der Waals surface area contributed by atoms with Crippen LogP contribution in [-0.4, -0.2) is 65.7 Å². The average molecular weight is 600 g/mol. The fraction of sp³-hybridized carbons (Fsp3) is 0.323. The Kier molecular flexibility index (Phi) is 7.14. The highest BCUT2D eigenvalue weighted by atomic mass is 32.1. The number of fused-ring (bicyclic) bond motifs is 2. The van der Waals surface area contributed by atoms with Gasteiger partial charge in [0.05, 0.1) is 11.2 Å². The van der Waals surface area contributed by atoms with Crippen LogP contribution < -0.4 is 15.1 Å². The molecule has 4 heterocycles. The Hall–Kier alpha value is -4.76. The molecule has 2 amide bonds. The first-order chi connectivity index (χ1) is 20.5. The number of rotatable bonds is 4. The van der Waals surface area contributed by atoms with Crippen molar-refractivity contribution in [3.63, 3.8) is 0 Å². The maximum atomic E-state index is 13.6. The molecule has 43 heavy (non-hydrogen) atoms. The van der Waals surface area contributed by atoms with E-state index in [0.29, 0.717) is 65.2 Å². The number of nitrogens with one attached hydrogen (secondary N) is 1. The number of carbonyl (C=O) groups excluding carboxylic acids is 2. The first kappa shape index (κ1) is 28.4. The molecule has 0 bridgehead atoms. The van der Waals surface area contributed by atoms with Crippen molar-refractivity contribution in [2.45, 2.75) is 32.9 Å². The van der Waals surface area contributed by atoms with Crippen molar-refractivity contribution in [1.29, 1.82) is 5.26 Å².